The molecular formula is C20H32O. The largest absolute Gasteiger partial charge is 0.390 e. The third kappa shape index (κ3) is 1.73. The van der Waals surface area contributed by atoms with Crippen LogP contribution in [0.4, 0.5) is 0 Å². The van der Waals surface area contributed by atoms with Crippen LogP contribution in [0.1, 0.15) is 72.1 Å². The summed E-state index contributed by atoms with van der Waals surface area (Å²) in [4.78, 5) is 0. The lowest BCUT2D eigenvalue weighted by atomic mass is 9.45. The highest BCUT2D eigenvalue weighted by Gasteiger charge is 2.62. The summed E-state index contributed by atoms with van der Waals surface area (Å²) in [5.74, 6) is 3.49. The fourth-order valence-electron chi connectivity index (χ4n) is 7.08. The molecule has 1 nitrogen and oxygen atoms in total. The van der Waals surface area contributed by atoms with Gasteiger partial charge in [-0.3, -0.25) is 0 Å². The lowest BCUT2D eigenvalue weighted by Crippen LogP contribution is -2.55. The lowest BCUT2D eigenvalue weighted by Gasteiger charge is -2.60. The van der Waals surface area contributed by atoms with Crippen molar-refractivity contribution < 1.29 is 5.11 Å². The second-order valence-corrected chi connectivity index (χ2v) is 9.34. The predicted molar refractivity (Wildman–Crippen MR) is 86.9 cm³/mol. The van der Waals surface area contributed by atoms with Crippen LogP contribution in [0.15, 0.2) is 12.2 Å². The van der Waals surface area contributed by atoms with Crippen LogP contribution in [0.2, 0.25) is 0 Å². The van der Waals surface area contributed by atoms with Gasteiger partial charge in [-0.2, -0.15) is 0 Å². The maximum absolute atomic E-state index is 10.9. The second-order valence-electron chi connectivity index (χ2n) is 9.34. The van der Waals surface area contributed by atoms with Gasteiger partial charge in [-0.15, -0.1) is 0 Å². The number of aliphatic hydroxyl groups is 1. The van der Waals surface area contributed by atoms with Gasteiger partial charge in [0.2, 0.25) is 0 Å². The molecule has 0 aliphatic heterocycles. The average molecular weight is 288 g/mol. The third-order valence-electron chi connectivity index (χ3n) is 8.77. The van der Waals surface area contributed by atoms with Crippen LogP contribution in [0, 0.1) is 34.5 Å². The number of rotatable bonds is 0. The van der Waals surface area contributed by atoms with E-state index in [-0.39, 0.29) is 5.41 Å². The molecule has 0 saturated heterocycles. The first-order valence-corrected chi connectivity index (χ1v) is 9.26. The molecule has 1 N–H and O–H groups in total. The van der Waals surface area contributed by atoms with Gasteiger partial charge in [0.05, 0.1) is 5.60 Å². The molecule has 0 aromatic rings. The Morgan fingerprint density at radius 3 is 2.48 bits per heavy atom. The Hall–Kier alpha value is -0.300. The summed E-state index contributed by atoms with van der Waals surface area (Å²) in [5, 5.41) is 10.9. The van der Waals surface area contributed by atoms with Crippen LogP contribution < -0.4 is 0 Å². The van der Waals surface area contributed by atoms with Crippen molar-refractivity contribution in [3.63, 3.8) is 0 Å². The molecule has 7 atom stereocenters. The van der Waals surface area contributed by atoms with E-state index in [1.807, 2.05) is 0 Å². The number of allylic oxidation sites excluding steroid dienone is 2. The Morgan fingerprint density at radius 1 is 0.905 bits per heavy atom. The molecule has 4 aliphatic rings. The van der Waals surface area contributed by atoms with Crippen molar-refractivity contribution in [2.24, 2.45) is 34.5 Å². The Balaban J connectivity index is 1.68. The normalized spacial score (nSPS) is 59.2. The molecule has 0 aromatic carbocycles. The van der Waals surface area contributed by atoms with Crippen LogP contribution >= 0.6 is 0 Å². The smallest absolute Gasteiger partial charge is 0.0675 e. The predicted octanol–water partition coefficient (Wildman–Crippen LogP) is 4.95. The summed E-state index contributed by atoms with van der Waals surface area (Å²) in [6, 6.07) is 0. The van der Waals surface area contributed by atoms with Gasteiger partial charge in [0.15, 0.2) is 0 Å². The van der Waals surface area contributed by atoms with Gasteiger partial charge in [-0.25, -0.2) is 0 Å². The van der Waals surface area contributed by atoms with Crippen molar-refractivity contribution in [1.82, 2.24) is 0 Å². The maximum Gasteiger partial charge on any atom is 0.0675 e. The van der Waals surface area contributed by atoms with Gasteiger partial charge in [-0.1, -0.05) is 26.0 Å². The summed E-state index contributed by atoms with van der Waals surface area (Å²) >= 11 is 0. The Labute approximate surface area is 130 Å². The summed E-state index contributed by atoms with van der Waals surface area (Å²) < 4.78 is 0. The zero-order valence-electron chi connectivity index (χ0n) is 14.1. The van der Waals surface area contributed by atoms with E-state index < -0.39 is 5.60 Å². The van der Waals surface area contributed by atoms with E-state index in [0.29, 0.717) is 5.41 Å². The van der Waals surface area contributed by atoms with Crippen LogP contribution in [-0.4, -0.2) is 10.7 Å². The van der Waals surface area contributed by atoms with Crippen LogP contribution in [0.3, 0.4) is 0 Å². The van der Waals surface area contributed by atoms with Gasteiger partial charge in [0.25, 0.3) is 0 Å². The summed E-state index contributed by atoms with van der Waals surface area (Å²) in [6.07, 6.45) is 15.3. The quantitative estimate of drug-likeness (QED) is 0.626. The van der Waals surface area contributed by atoms with Gasteiger partial charge in [0.1, 0.15) is 0 Å². The highest BCUT2D eigenvalue weighted by atomic mass is 16.3. The highest BCUT2D eigenvalue weighted by Crippen LogP contribution is 2.67. The van der Waals surface area contributed by atoms with E-state index in [1.165, 1.54) is 44.9 Å². The molecule has 0 amide bonds. The lowest BCUT2D eigenvalue weighted by molar-refractivity contribution is -0.138. The fraction of sp³-hybridized carbons (Fsp3) is 0.900. The molecule has 0 radical (unpaired) electrons. The van der Waals surface area contributed by atoms with Gasteiger partial charge in [0, 0.05) is 0 Å². The van der Waals surface area contributed by atoms with Crippen molar-refractivity contribution >= 4 is 0 Å². The number of hydrogen-bond acceptors (Lipinski definition) is 1. The van der Waals surface area contributed by atoms with Gasteiger partial charge >= 0.3 is 0 Å². The number of hydrogen-bond donors (Lipinski definition) is 1. The molecule has 0 bridgehead atoms. The Kier molecular flexibility index (Phi) is 2.98. The molecule has 0 heterocycles. The maximum atomic E-state index is 10.9. The molecule has 118 valence electrons. The van der Waals surface area contributed by atoms with Crippen molar-refractivity contribution in [1.29, 1.82) is 0 Å². The van der Waals surface area contributed by atoms with Crippen LogP contribution in [-0.2, 0) is 0 Å². The highest BCUT2D eigenvalue weighted by molar-refractivity contribution is 5.14. The summed E-state index contributed by atoms with van der Waals surface area (Å²) in [6.45, 7) is 7.11. The zero-order valence-corrected chi connectivity index (χ0v) is 14.1. The summed E-state index contributed by atoms with van der Waals surface area (Å²) in [7, 11) is 0. The molecule has 4 rings (SSSR count). The minimum atomic E-state index is -0.424. The minimum absolute atomic E-state index is 0.182. The molecule has 21 heavy (non-hydrogen) atoms. The first-order chi connectivity index (χ1) is 9.88. The molecule has 3 fully saturated rings. The molecular weight excluding hydrogens is 256 g/mol. The van der Waals surface area contributed by atoms with Crippen LogP contribution in [0.5, 0.6) is 0 Å². The molecule has 3 saturated carbocycles. The average Bonchev–Trinajstić information content (AvgIpc) is 2.69. The third-order valence-corrected chi connectivity index (χ3v) is 8.77. The van der Waals surface area contributed by atoms with E-state index in [0.717, 1.165) is 30.1 Å². The SMILES string of the molecule is C[C@]12CC=CC[C@@H]1CC[C@H]1[C@@H]2CC[C@@]2(C)[C@H]1CC[C@]2(C)O. The zero-order chi connectivity index (χ0) is 14.9. The van der Waals surface area contributed by atoms with Crippen molar-refractivity contribution in [2.45, 2.75) is 77.7 Å². The van der Waals surface area contributed by atoms with E-state index in [1.54, 1.807) is 0 Å². The van der Waals surface area contributed by atoms with E-state index in [4.69, 9.17) is 0 Å². The first kappa shape index (κ1) is 14.3. The fourth-order valence-corrected chi connectivity index (χ4v) is 7.08. The van der Waals surface area contributed by atoms with Gasteiger partial charge in [-0.05, 0) is 92.8 Å². The molecule has 0 spiro atoms. The Morgan fingerprint density at radius 2 is 1.67 bits per heavy atom. The van der Waals surface area contributed by atoms with E-state index >= 15 is 0 Å². The summed E-state index contributed by atoms with van der Waals surface area (Å²) in [5.41, 5.74) is 0.308. The molecule has 0 aromatic heterocycles. The van der Waals surface area contributed by atoms with E-state index in [2.05, 4.69) is 32.9 Å². The monoisotopic (exact) mass is 288 g/mol. The molecule has 0 unspecified atom stereocenters. The van der Waals surface area contributed by atoms with E-state index in [9.17, 15) is 5.11 Å². The molecule has 4 aliphatic carbocycles. The number of fused-ring (bicyclic) bond motifs is 5. The van der Waals surface area contributed by atoms with Crippen LogP contribution in [0.25, 0.3) is 0 Å². The second kappa shape index (κ2) is 4.37. The van der Waals surface area contributed by atoms with Gasteiger partial charge < -0.3 is 5.11 Å². The minimum Gasteiger partial charge on any atom is -0.390 e. The first-order valence-electron chi connectivity index (χ1n) is 9.26. The van der Waals surface area contributed by atoms with Crippen molar-refractivity contribution in [2.75, 3.05) is 0 Å². The van der Waals surface area contributed by atoms with Crippen molar-refractivity contribution in [3.05, 3.63) is 12.2 Å². The molecule has 1 heteroatoms. The standard InChI is InChI=1S/C20H32O/c1-18-11-5-4-6-14(18)7-8-15-16(18)9-12-19(2)17(15)10-13-20(19,3)21/h4-5,14-17,21H,6-13H2,1-3H3/t14-,15+,16+,17+,18+,19+,20+/m1/s1. The topological polar surface area (TPSA) is 20.2 Å². The Bertz CT molecular complexity index is 464. The van der Waals surface area contributed by atoms with Crippen molar-refractivity contribution in [3.8, 4) is 0 Å².